The van der Waals surface area contributed by atoms with E-state index in [-0.39, 0.29) is 31.1 Å². The fourth-order valence-corrected chi connectivity index (χ4v) is 6.93. The number of rotatable bonds is 41. The van der Waals surface area contributed by atoms with Gasteiger partial charge in [-0.2, -0.15) is 0 Å². The summed E-state index contributed by atoms with van der Waals surface area (Å²) in [6, 6.07) is 0. The highest BCUT2D eigenvalue weighted by Gasteiger charge is 2.19. The van der Waals surface area contributed by atoms with Crippen molar-refractivity contribution in [3.8, 4) is 0 Å². The maximum Gasteiger partial charge on any atom is 0.306 e. The lowest BCUT2D eigenvalue weighted by atomic mass is 10.0. The maximum absolute atomic E-state index is 12.7. The lowest BCUT2D eigenvalue weighted by Crippen LogP contribution is -2.30. The normalized spacial score (nSPS) is 12.1. The first-order valence-corrected chi connectivity index (χ1v) is 23.2. The van der Waals surface area contributed by atoms with Crippen molar-refractivity contribution >= 4 is 17.9 Å². The summed E-state index contributed by atoms with van der Waals surface area (Å²) in [5.74, 6) is 0.761. The van der Waals surface area contributed by atoms with E-state index in [1.807, 2.05) is 0 Å². The molecule has 0 aliphatic heterocycles. The average molecular weight is 751 g/mol. The topological polar surface area (TPSA) is 78.9 Å². The van der Waals surface area contributed by atoms with Gasteiger partial charge in [0.25, 0.3) is 0 Å². The van der Waals surface area contributed by atoms with Gasteiger partial charge in [0.15, 0.2) is 6.10 Å². The quantitative estimate of drug-likeness (QED) is 0.0352. The fraction of sp³-hybridized carbons (Fsp3) is 0.936. The van der Waals surface area contributed by atoms with Gasteiger partial charge in [0.05, 0.1) is 0 Å². The van der Waals surface area contributed by atoms with Gasteiger partial charge in [0.1, 0.15) is 13.2 Å². The van der Waals surface area contributed by atoms with E-state index >= 15 is 0 Å². The lowest BCUT2D eigenvalue weighted by Gasteiger charge is -2.18. The number of carbonyl (C=O) groups is 3. The monoisotopic (exact) mass is 751 g/mol. The van der Waals surface area contributed by atoms with Crippen molar-refractivity contribution in [2.24, 2.45) is 11.8 Å². The fourth-order valence-electron chi connectivity index (χ4n) is 6.93. The van der Waals surface area contributed by atoms with Crippen LogP contribution in [0.3, 0.4) is 0 Å². The van der Waals surface area contributed by atoms with Crippen LogP contribution >= 0.6 is 0 Å². The number of unbranched alkanes of at least 4 members (excludes halogenated alkanes) is 26. The SMILES string of the molecule is CCCCCCCCCCCC(=O)O[C@@H](COC(=O)CCCCCCCCCCCCCCCC(C)C)COC(=O)CCCCCCCCCC(C)C. The van der Waals surface area contributed by atoms with E-state index in [1.54, 1.807) is 0 Å². The molecular weight excluding hydrogens is 661 g/mol. The molecule has 0 rings (SSSR count). The molecule has 0 aliphatic carbocycles. The minimum Gasteiger partial charge on any atom is -0.462 e. The van der Waals surface area contributed by atoms with Crippen LogP contribution in [0, 0.1) is 11.8 Å². The third-order valence-electron chi connectivity index (χ3n) is 10.5. The van der Waals surface area contributed by atoms with Gasteiger partial charge in [-0.15, -0.1) is 0 Å². The first-order valence-electron chi connectivity index (χ1n) is 23.2. The Hall–Kier alpha value is -1.59. The first kappa shape index (κ1) is 51.4. The van der Waals surface area contributed by atoms with Gasteiger partial charge in [0.2, 0.25) is 0 Å². The Morgan fingerprint density at radius 2 is 0.623 bits per heavy atom. The molecule has 0 radical (unpaired) electrons. The van der Waals surface area contributed by atoms with Crippen LogP contribution in [0.15, 0.2) is 0 Å². The zero-order valence-electron chi connectivity index (χ0n) is 36.1. The standard InChI is InChI=1S/C47H90O6/c1-6-7-8-9-10-16-23-29-34-39-47(50)53-44(41-52-46(49)38-33-28-24-19-21-26-31-36-43(4)5)40-51-45(48)37-32-27-22-18-15-13-11-12-14-17-20-25-30-35-42(2)3/h42-44H,6-41H2,1-5H3/t44-/m0/s1. The van der Waals surface area contributed by atoms with E-state index in [1.165, 1.54) is 141 Å². The van der Waals surface area contributed by atoms with E-state index < -0.39 is 6.10 Å². The largest absolute Gasteiger partial charge is 0.462 e. The molecule has 6 nitrogen and oxygen atoms in total. The molecule has 0 aromatic heterocycles. The van der Waals surface area contributed by atoms with Crippen LogP contribution in [0.2, 0.25) is 0 Å². The van der Waals surface area contributed by atoms with Gasteiger partial charge in [-0.3, -0.25) is 14.4 Å². The summed E-state index contributed by atoms with van der Waals surface area (Å²) in [7, 11) is 0. The molecule has 0 unspecified atom stereocenters. The van der Waals surface area contributed by atoms with Gasteiger partial charge in [-0.25, -0.2) is 0 Å². The van der Waals surface area contributed by atoms with Gasteiger partial charge >= 0.3 is 17.9 Å². The van der Waals surface area contributed by atoms with Crippen molar-refractivity contribution in [1.82, 2.24) is 0 Å². The first-order chi connectivity index (χ1) is 25.7. The van der Waals surface area contributed by atoms with Gasteiger partial charge in [0, 0.05) is 19.3 Å². The second-order valence-corrected chi connectivity index (χ2v) is 17.0. The molecule has 0 spiro atoms. The van der Waals surface area contributed by atoms with Crippen LogP contribution in [-0.4, -0.2) is 37.2 Å². The molecular formula is C47H90O6. The van der Waals surface area contributed by atoms with Crippen LogP contribution in [0.25, 0.3) is 0 Å². The minimum absolute atomic E-state index is 0.0651. The molecule has 0 aromatic rings. The summed E-state index contributed by atoms with van der Waals surface area (Å²) in [6.45, 7) is 11.3. The lowest BCUT2D eigenvalue weighted by molar-refractivity contribution is -0.167. The van der Waals surface area contributed by atoms with Crippen molar-refractivity contribution in [2.45, 2.75) is 259 Å². The summed E-state index contributed by atoms with van der Waals surface area (Å²) < 4.78 is 16.7. The Labute approximate surface area is 329 Å². The number of carbonyl (C=O) groups excluding carboxylic acids is 3. The van der Waals surface area contributed by atoms with E-state index in [0.717, 1.165) is 69.6 Å². The third-order valence-corrected chi connectivity index (χ3v) is 10.5. The molecule has 0 fully saturated rings. The van der Waals surface area contributed by atoms with Gasteiger partial charge in [-0.05, 0) is 31.1 Å². The molecule has 0 aliphatic rings. The second kappa shape index (κ2) is 40.1. The molecule has 1 atom stereocenters. The summed E-state index contributed by atoms with van der Waals surface area (Å²) in [5, 5.41) is 0. The van der Waals surface area contributed by atoms with E-state index in [9.17, 15) is 14.4 Å². The molecule has 6 heteroatoms. The predicted octanol–water partition coefficient (Wildman–Crippen LogP) is 14.6. The maximum atomic E-state index is 12.7. The van der Waals surface area contributed by atoms with E-state index in [2.05, 4.69) is 34.6 Å². The van der Waals surface area contributed by atoms with Crippen molar-refractivity contribution < 1.29 is 28.6 Å². The number of hydrogen-bond acceptors (Lipinski definition) is 6. The Morgan fingerprint density at radius 1 is 0.358 bits per heavy atom. The molecule has 0 N–H and O–H groups in total. The second-order valence-electron chi connectivity index (χ2n) is 17.0. The molecule has 314 valence electrons. The summed E-state index contributed by atoms with van der Waals surface area (Å²) in [5.41, 5.74) is 0. The Kier molecular flexibility index (Phi) is 38.9. The van der Waals surface area contributed by atoms with Crippen molar-refractivity contribution in [1.29, 1.82) is 0 Å². The summed E-state index contributed by atoms with van der Waals surface area (Å²) in [4.78, 5) is 37.6. The Bertz CT molecular complexity index is 809. The van der Waals surface area contributed by atoms with Crippen molar-refractivity contribution in [2.75, 3.05) is 13.2 Å². The zero-order chi connectivity index (χ0) is 39.0. The zero-order valence-corrected chi connectivity index (χ0v) is 36.1. The molecule has 0 aromatic carbocycles. The average Bonchev–Trinajstić information content (AvgIpc) is 3.12. The third kappa shape index (κ3) is 41.4. The highest BCUT2D eigenvalue weighted by Crippen LogP contribution is 2.16. The Balaban J connectivity index is 4.26. The Morgan fingerprint density at radius 3 is 0.925 bits per heavy atom. The van der Waals surface area contributed by atoms with Crippen LogP contribution in [0.5, 0.6) is 0 Å². The highest BCUT2D eigenvalue weighted by atomic mass is 16.6. The van der Waals surface area contributed by atoms with Crippen LogP contribution < -0.4 is 0 Å². The minimum atomic E-state index is -0.760. The molecule has 53 heavy (non-hydrogen) atoms. The smallest absolute Gasteiger partial charge is 0.306 e. The predicted molar refractivity (Wildman–Crippen MR) is 224 cm³/mol. The molecule has 0 heterocycles. The van der Waals surface area contributed by atoms with Crippen LogP contribution in [-0.2, 0) is 28.6 Å². The van der Waals surface area contributed by atoms with E-state index in [4.69, 9.17) is 14.2 Å². The highest BCUT2D eigenvalue weighted by molar-refractivity contribution is 5.71. The summed E-state index contributed by atoms with van der Waals surface area (Å²) in [6.07, 6.45) is 38.1. The van der Waals surface area contributed by atoms with Crippen molar-refractivity contribution in [3.63, 3.8) is 0 Å². The van der Waals surface area contributed by atoms with Gasteiger partial charge in [-0.1, -0.05) is 214 Å². The summed E-state index contributed by atoms with van der Waals surface area (Å²) >= 11 is 0. The number of hydrogen-bond donors (Lipinski definition) is 0. The van der Waals surface area contributed by atoms with E-state index in [0.29, 0.717) is 19.3 Å². The van der Waals surface area contributed by atoms with Crippen LogP contribution in [0.4, 0.5) is 0 Å². The van der Waals surface area contributed by atoms with Crippen molar-refractivity contribution in [3.05, 3.63) is 0 Å². The van der Waals surface area contributed by atoms with Crippen LogP contribution in [0.1, 0.15) is 253 Å². The number of ether oxygens (including phenoxy) is 3. The molecule has 0 saturated heterocycles. The molecule has 0 saturated carbocycles. The molecule has 0 bridgehead atoms. The molecule has 0 amide bonds. The number of esters is 3. The van der Waals surface area contributed by atoms with Gasteiger partial charge < -0.3 is 14.2 Å².